The lowest BCUT2D eigenvalue weighted by Gasteiger charge is -2.22. The van der Waals surface area contributed by atoms with Crippen LogP contribution < -0.4 is 15.0 Å². The first-order chi connectivity index (χ1) is 11.0. The van der Waals surface area contributed by atoms with Gasteiger partial charge in [-0.1, -0.05) is 15.9 Å². The summed E-state index contributed by atoms with van der Waals surface area (Å²) >= 11 is 3.37. The maximum absolute atomic E-state index is 12.3. The van der Waals surface area contributed by atoms with Crippen LogP contribution in [0, 0.1) is 0 Å². The number of quaternary nitrogens is 1. The minimum Gasteiger partial charge on any atom is -0.497 e. The van der Waals surface area contributed by atoms with Crippen LogP contribution in [0.15, 0.2) is 53.0 Å². The first kappa shape index (κ1) is 17.5. The molecule has 0 aliphatic heterocycles. The lowest BCUT2D eigenvalue weighted by Crippen LogP contribution is -3.07. The molecule has 1 atom stereocenters. The monoisotopic (exact) mass is 377 g/mol. The molecule has 122 valence electrons. The lowest BCUT2D eigenvalue weighted by atomic mass is 10.1. The summed E-state index contributed by atoms with van der Waals surface area (Å²) in [5, 5.41) is 3.02. The van der Waals surface area contributed by atoms with Crippen molar-refractivity contribution in [3.05, 3.63) is 64.1 Å². The van der Waals surface area contributed by atoms with Crippen LogP contribution in [0.5, 0.6) is 5.75 Å². The fourth-order valence-electron chi connectivity index (χ4n) is 2.39. The van der Waals surface area contributed by atoms with Crippen molar-refractivity contribution in [3.8, 4) is 5.75 Å². The number of methoxy groups -OCH3 is 1. The number of rotatable bonds is 6. The quantitative estimate of drug-likeness (QED) is 0.809. The Balaban J connectivity index is 2.04. The molecular formula is C18H22BrN2O2+. The molecule has 2 N–H and O–H groups in total. The second kappa shape index (κ2) is 8.13. The van der Waals surface area contributed by atoms with Gasteiger partial charge in [0, 0.05) is 15.6 Å². The highest BCUT2D eigenvalue weighted by Crippen LogP contribution is 2.16. The summed E-state index contributed by atoms with van der Waals surface area (Å²) < 4.78 is 6.16. The van der Waals surface area contributed by atoms with Crippen molar-refractivity contribution in [1.82, 2.24) is 5.32 Å². The summed E-state index contributed by atoms with van der Waals surface area (Å²) in [5.74, 6) is 0.775. The van der Waals surface area contributed by atoms with E-state index in [1.54, 1.807) is 7.11 Å². The van der Waals surface area contributed by atoms with Crippen molar-refractivity contribution in [2.45, 2.75) is 6.04 Å². The zero-order valence-electron chi connectivity index (χ0n) is 13.6. The summed E-state index contributed by atoms with van der Waals surface area (Å²) in [6.07, 6.45) is 0. The number of hydrogen-bond acceptors (Lipinski definition) is 2. The Morgan fingerprint density at radius 1 is 1.13 bits per heavy atom. The zero-order chi connectivity index (χ0) is 16.8. The summed E-state index contributed by atoms with van der Waals surface area (Å²) in [7, 11) is 5.82. The van der Waals surface area contributed by atoms with E-state index < -0.39 is 0 Å². The van der Waals surface area contributed by atoms with Gasteiger partial charge in [0.2, 0.25) is 0 Å². The number of carbonyl (C=O) groups excluding carboxylic acids is 1. The minimum atomic E-state index is -0.0581. The topological polar surface area (TPSA) is 42.8 Å². The molecule has 0 fully saturated rings. The fourth-order valence-corrected chi connectivity index (χ4v) is 2.65. The van der Waals surface area contributed by atoms with Gasteiger partial charge in [0.15, 0.2) is 0 Å². The molecular weight excluding hydrogens is 356 g/mol. The molecule has 23 heavy (non-hydrogen) atoms. The molecule has 0 spiro atoms. The van der Waals surface area contributed by atoms with Crippen LogP contribution in [-0.4, -0.2) is 33.7 Å². The molecule has 0 heterocycles. The Morgan fingerprint density at radius 3 is 2.26 bits per heavy atom. The Kier molecular flexibility index (Phi) is 6.19. The first-order valence-corrected chi connectivity index (χ1v) is 8.28. The fraction of sp³-hybridized carbons (Fsp3) is 0.278. The molecule has 0 saturated heterocycles. The standard InChI is InChI=1S/C18H21BrN2O2/c1-21(2)17(13-6-10-16(23-3)11-7-13)12-20-18(22)14-4-8-15(19)9-5-14/h4-11,17H,12H2,1-3H3,(H,20,22)/p+1/t17-/m0/s1. The van der Waals surface area contributed by atoms with E-state index in [-0.39, 0.29) is 11.9 Å². The van der Waals surface area contributed by atoms with Gasteiger partial charge in [-0.3, -0.25) is 4.79 Å². The molecule has 0 radical (unpaired) electrons. The Morgan fingerprint density at radius 2 is 1.74 bits per heavy atom. The largest absolute Gasteiger partial charge is 0.497 e. The Bertz CT molecular complexity index is 639. The van der Waals surface area contributed by atoms with Crippen LogP contribution in [0.2, 0.25) is 0 Å². The molecule has 1 amide bonds. The average molecular weight is 378 g/mol. The van der Waals surface area contributed by atoms with E-state index in [1.165, 1.54) is 10.5 Å². The number of likely N-dealkylation sites (N-methyl/N-ethyl adjacent to an activating group) is 1. The highest BCUT2D eigenvalue weighted by Gasteiger charge is 2.19. The summed E-state index contributed by atoms with van der Waals surface area (Å²) in [5.41, 5.74) is 1.83. The van der Waals surface area contributed by atoms with Gasteiger partial charge in [-0.05, 0) is 48.5 Å². The predicted octanol–water partition coefficient (Wildman–Crippen LogP) is 2.07. The number of amides is 1. The van der Waals surface area contributed by atoms with E-state index in [1.807, 2.05) is 48.5 Å². The molecule has 2 aromatic rings. The third-order valence-electron chi connectivity index (χ3n) is 3.79. The Hall–Kier alpha value is -1.85. The molecule has 0 aromatic heterocycles. The van der Waals surface area contributed by atoms with Crippen LogP contribution in [0.25, 0.3) is 0 Å². The smallest absolute Gasteiger partial charge is 0.251 e. The highest BCUT2D eigenvalue weighted by atomic mass is 79.9. The summed E-state index contributed by atoms with van der Waals surface area (Å²) in [6.45, 7) is 0.573. The van der Waals surface area contributed by atoms with Gasteiger partial charge in [-0.15, -0.1) is 0 Å². The van der Waals surface area contributed by atoms with E-state index in [9.17, 15) is 4.79 Å². The average Bonchev–Trinajstić information content (AvgIpc) is 2.55. The van der Waals surface area contributed by atoms with Gasteiger partial charge >= 0.3 is 0 Å². The van der Waals surface area contributed by atoms with Crippen LogP contribution in [0.4, 0.5) is 0 Å². The number of hydrogen-bond donors (Lipinski definition) is 2. The van der Waals surface area contributed by atoms with Gasteiger partial charge < -0.3 is 15.0 Å². The molecule has 0 unspecified atom stereocenters. The normalized spacial score (nSPS) is 12.0. The van der Waals surface area contributed by atoms with Gasteiger partial charge in [0.05, 0.1) is 27.7 Å². The maximum Gasteiger partial charge on any atom is 0.251 e. The zero-order valence-corrected chi connectivity index (χ0v) is 15.2. The van der Waals surface area contributed by atoms with Crippen LogP contribution >= 0.6 is 15.9 Å². The number of halogens is 1. The number of benzene rings is 2. The molecule has 5 heteroatoms. The van der Waals surface area contributed by atoms with Gasteiger partial charge in [0.25, 0.3) is 5.91 Å². The van der Waals surface area contributed by atoms with E-state index >= 15 is 0 Å². The highest BCUT2D eigenvalue weighted by molar-refractivity contribution is 9.10. The lowest BCUT2D eigenvalue weighted by molar-refractivity contribution is -0.890. The molecule has 4 nitrogen and oxygen atoms in total. The third-order valence-corrected chi connectivity index (χ3v) is 4.32. The van der Waals surface area contributed by atoms with E-state index in [4.69, 9.17) is 4.74 Å². The number of carbonyl (C=O) groups is 1. The third kappa shape index (κ3) is 4.81. The molecule has 2 rings (SSSR count). The molecule has 0 aliphatic rings. The van der Waals surface area contributed by atoms with Gasteiger partial charge in [0.1, 0.15) is 11.8 Å². The number of nitrogens with one attached hydrogen (secondary N) is 2. The molecule has 0 aliphatic carbocycles. The summed E-state index contributed by atoms with van der Waals surface area (Å²) in [4.78, 5) is 13.5. The van der Waals surface area contributed by atoms with Gasteiger partial charge in [-0.2, -0.15) is 0 Å². The van der Waals surface area contributed by atoms with E-state index in [0.29, 0.717) is 12.1 Å². The van der Waals surface area contributed by atoms with Crippen molar-refractivity contribution in [3.63, 3.8) is 0 Å². The van der Waals surface area contributed by atoms with Crippen molar-refractivity contribution in [2.75, 3.05) is 27.7 Å². The Labute approximate surface area is 145 Å². The minimum absolute atomic E-state index is 0.0581. The second-order valence-corrected chi connectivity index (χ2v) is 6.54. The van der Waals surface area contributed by atoms with Crippen LogP contribution in [0.3, 0.4) is 0 Å². The van der Waals surface area contributed by atoms with E-state index in [0.717, 1.165) is 10.2 Å². The van der Waals surface area contributed by atoms with Crippen molar-refractivity contribution in [2.24, 2.45) is 0 Å². The second-order valence-electron chi connectivity index (χ2n) is 5.62. The summed E-state index contributed by atoms with van der Waals surface area (Å²) in [6, 6.07) is 15.5. The molecule has 2 aromatic carbocycles. The van der Waals surface area contributed by atoms with Crippen molar-refractivity contribution >= 4 is 21.8 Å². The molecule has 0 bridgehead atoms. The number of ether oxygens (including phenoxy) is 1. The van der Waals surface area contributed by atoms with Crippen molar-refractivity contribution in [1.29, 1.82) is 0 Å². The molecule has 0 saturated carbocycles. The van der Waals surface area contributed by atoms with Crippen LogP contribution in [0.1, 0.15) is 22.0 Å². The maximum atomic E-state index is 12.3. The van der Waals surface area contributed by atoms with Crippen molar-refractivity contribution < 1.29 is 14.4 Å². The van der Waals surface area contributed by atoms with Crippen LogP contribution in [-0.2, 0) is 0 Å². The van der Waals surface area contributed by atoms with E-state index in [2.05, 4.69) is 35.3 Å². The first-order valence-electron chi connectivity index (χ1n) is 7.49. The SMILES string of the molecule is COc1ccc([C@H](CNC(=O)c2ccc(Br)cc2)[NH+](C)C)cc1. The predicted molar refractivity (Wildman–Crippen MR) is 95.0 cm³/mol. The van der Waals surface area contributed by atoms with Gasteiger partial charge in [-0.25, -0.2) is 0 Å².